The molecular formula is C17H21N5. The lowest BCUT2D eigenvalue weighted by molar-refractivity contribution is 0.465. The number of nitrogens with one attached hydrogen (secondary N) is 2. The van der Waals surface area contributed by atoms with Gasteiger partial charge in [-0.2, -0.15) is 0 Å². The molecule has 1 aromatic carbocycles. The molecule has 5 heteroatoms. The number of aromatic amines is 1. The molecule has 0 aliphatic carbocycles. The van der Waals surface area contributed by atoms with Gasteiger partial charge in [-0.05, 0) is 37.5 Å². The molecule has 0 amide bonds. The Labute approximate surface area is 129 Å². The molecular weight excluding hydrogens is 274 g/mol. The van der Waals surface area contributed by atoms with Gasteiger partial charge in [0.1, 0.15) is 11.6 Å². The van der Waals surface area contributed by atoms with Crippen LogP contribution in [0.3, 0.4) is 0 Å². The average Bonchev–Trinajstić information content (AvgIpc) is 3.19. The van der Waals surface area contributed by atoms with Crippen LogP contribution in [0, 0.1) is 0 Å². The summed E-state index contributed by atoms with van der Waals surface area (Å²) in [4.78, 5) is 3.26. The first kappa shape index (κ1) is 13.5. The van der Waals surface area contributed by atoms with E-state index in [-0.39, 0.29) is 6.04 Å². The lowest BCUT2D eigenvalue weighted by atomic mass is 10.1. The zero-order valence-corrected chi connectivity index (χ0v) is 12.8. The summed E-state index contributed by atoms with van der Waals surface area (Å²) in [5.74, 6) is 2.21. The molecule has 22 heavy (non-hydrogen) atoms. The van der Waals surface area contributed by atoms with Crippen LogP contribution in [0.2, 0.25) is 0 Å². The monoisotopic (exact) mass is 295 g/mol. The van der Waals surface area contributed by atoms with Gasteiger partial charge in [0.25, 0.3) is 0 Å². The summed E-state index contributed by atoms with van der Waals surface area (Å²) in [6.45, 7) is 4.05. The first-order valence-corrected chi connectivity index (χ1v) is 8.03. The van der Waals surface area contributed by atoms with Gasteiger partial charge in [-0.25, -0.2) is 0 Å². The SMILES string of the molecule is CC(NCc1cccc2[nH]ccc12)c1nnc2n1CCCC2. The van der Waals surface area contributed by atoms with Crippen molar-refractivity contribution >= 4 is 10.9 Å². The summed E-state index contributed by atoms with van der Waals surface area (Å²) in [6, 6.07) is 8.72. The van der Waals surface area contributed by atoms with Gasteiger partial charge in [-0.3, -0.25) is 0 Å². The number of fused-ring (bicyclic) bond motifs is 2. The van der Waals surface area contributed by atoms with Gasteiger partial charge in [0.2, 0.25) is 0 Å². The van der Waals surface area contributed by atoms with Crippen molar-refractivity contribution in [1.82, 2.24) is 25.1 Å². The Hall–Kier alpha value is -2.14. The fraction of sp³-hybridized carbons (Fsp3) is 0.412. The van der Waals surface area contributed by atoms with Crippen LogP contribution in [0.4, 0.5) is 0 Å². The molecule has 3 heterocycles. The minimum absolute atomic E-state index is 0.202. The molecule has 3 aromatic rings. The summed E-state index contributed by atoms with van der Waals surface area (Å²) in [5.41, 5.74) is 2.50. The maximum Gasteiger partial charge on any atom is 0.149 e. The third-order valence-corrected chi connectivity index (χ3v) is 4.56. The number of rotatable bonds is 4. The number of nitrogens with zero attached hydrogens (tertiary/aromatic N) is 3. The number of aryl methyl sites for hydroxylation is 1. The molecule has 0 bridgehead atoms. The van der Waals surface area contributed by atoms with Gasteiger partial charge in [0.15, 0.2) is 0 Å². The van der Waals surface area contributed by atoms with Crippen molar-refractivity contribution < 1.29 is 0 Å². The fourth-order valence-electron chi connectivity index (χ4n) is 3.31. The molecule has 1 atom stereocenters. The van der Waals surface area contributed by atoms with Gasteiger partial charge in [-0.15, -0.1) is 10.2 Å². The molecule has 1 aliphatic rings. The van der Waals surface area contributed by atoms with E-state index >= 15 is 0 Å². The van der Waals surface area contributed by atoms with Crippen molar-refractivity contribution in [2.45, 2.75) is 45.3 Å². The van der Waals surface area contributed by atoms with Crippen molar-refractivity contribution in [3.8, 4) is 0 Å². The third kappa shape index (κ3) is 2.31. The molecule has 5 nitrogen and oxygen atoms in total. The van der Waals surface area contributed by atoms with Gasteiger partial charge < -0.3 is 14.9 Å². The summed E-state index contributed by atoms with van der Waals surface area (Å²) >= 11 is 0. The number of H-pyrrole nitrogens is 1. The zero-order chi connectivity index (χ0) is 14.9. The topological polar surface area (TPSA) is 58.5 Å². The van der Waals surface area contributed by atoms with Crippen LogP contribution in [-0.2, 0) is 19.5 Å². The van der Waals surface area contributed by atoms with Crippen molar-refractivity contribution in [3.05, 3.63) is 47.7 Å². The highest BCUT2D eigenvalue weighted by Gasteiger charge is 2.19. The highest BCUT2D eigenvalue weighted by molar-refractivity contribution is 5.82. The van der Waals surface area contributed by atoms with Crippen LogP contribution >= 0.6 is 0 Å². The Morgan fingerprint density at radius 1 is 1.27 bits per heavy atom. The molecule has 0 saturated carbocycles. The third-order valence-electron chi connectivity index (χ3n) is 4.56. The van der Waals surface area contributed by atoms with Crippen LogP contribution in [0.5, 0.6) is 0 Å². The average molecular weight is 295 g/mol. The molecule has 0 spiro atoms. The molecule has 2 N–H and O–H groups in total. The second-order valence-corrected chi connectivity index (χ2v) is 6.04. The van der Waals surface area contributed by atoms with E-state index in [1.807, 2.05) is 6.20 Å². The molecule has 114 valence electrons. The Kier molecular flexibility index (Phi) is 3.42. The molecule has 1 unspecified atom stereocenters. The summed E-state index contributed by atoms with van der Waals surface area (Å²) < 4.78 is 2.29. The van der Waals surface area contributed by atoms with E-state index in [1.54, 1.807) is 0 Å². The van der Waals surface area contributed by atoms with Crippen molar-refractivity contribution in [1.29, 1.82) is 0 Å². The number of aromatic nitrogens is 4. The number of hydrogen-bond acceptors (Lipinski definition) is 3. The van der Waals surface area contributed by atoms with Crippen LogP contribution in [0.25, 0.3) is 10.9 Å². The number of hydrogen-bond donors (Lipinski definition) is 2. The molecule has 0 fully saturated rings. The van der Waals surface area contributed by atoms with E-state index in [4.69, 9.17) is 0 Å². The van der Waals surface area contributed by atoms with Gasteiger partial charge >= 0.3 is 0 Å². The van der Waals surface area contributed by atoms with E-state index in [0.29, 0.717) is 0 Å². The van der Waals surface area contributed by atoms with E-state index in [1.165, 1.54) is 29.3 Å². The lowest BCUT2D eigenvalue weighted by Crippen LogP contribution is -2.23. The minimum atomic E-state index is 0.202. The maximum absolute atomic E-state index is 4.41. The van der Waals surface area contributed by atoms with Crippen LogP contribution < -0.4 is 5.32 Å². The normalized spacial score (nSPS) is 15.9. The van der Waals surface area contributed by atoms with E-state index in [9.17, 15) is 0 Å². The largest absolute Gasteiger partial charge is 0.361 e. The fourth-order valence-corrected chi connectivity index (χ4v) is 3.31. The van der Waals surface area contributed by atoms with Crippen molar-refractivity contribution in [3.63, 3.8) is 0 Å². The summed E-state index contributed by atoms with van der Waals surface area (Å²) in [5, 5.41) is 13.6. The molecule has 0 saturated heterocycles. The van der Waals surface area contributed by atoms with E-state index in [0.717, 1.165) is 31.2 Å². The smallest absolute Gasteiger partial charge is 0.149 e. The highest BCUT2D eigenvalue weighted by Crippen LogP contribution is 2.21. The Balaban J connectivity index is 1.52. The van der Waals surface area contributed by atoms with Gasteiger partial charge in [0, 0.05) is 36.6 Å². The van der Waals surface area contributed by atoms with Gasteiger partial charge in [-0.1, -0.05) is 12.1 Å². The first-order valence-electron chi connectivity index (χ1n) is 8.03. The van der Waals surface area contributed by atoms with Crippen LogP contribution in [0.1, 0.15) is 43.0 Å². The molecule has 1 aliphatic heterocycles. The minimum Gasteiger partial charge on any atom is -0.361 e. The lowest BCUT2D eigenvalue weighted by Gasteiger charge is -2.19. The van der Waals surface area contributed by atoms with Crippen LogP contribution in [0.15, 0.2) is 30.5 Å². The Morgan fingerprint density at radius 3 is 3.18 bits per heavy atom. The van der Waals surface area contributed by atoms with E-state index in [2.05, 4.69) is 56.3 Å². The molecule has 0 radical (unpaired) electrons. The second kappa shape index (κ2) is 5.57. The molecule has 4 rings (SSSR count). The van der Waals surface area contributed by atoms with E-state index < -0.39 is 0 Å². The quantitative estimate of drug-likeness (QED) is 0.778. The number of benzene rings is 1. The van der Waals surface area contributed by atoms with Crippen LogP contribution in [-0.4, -0.2) is 19.7 Å². The van der Waals surface area contributed by atoms with Crippen molar-refractivity contribution in [2.75, 3.05) is 0 Å². The predicted octanol–water partition coefficient (Wildman–Crippen LogP) is 2.95. The summed E-state index contributed by atoms with van der Waals surface area (Å²) in [7, 11) is 0. The van der Waals surface area contributed by atoms with Crippen molar-refractivity contribution in [2.24, 2.45) is 0 Å². The summed E-state index contributed by atoms with van der Waals surface area (Å²) in [6.07, 6.45) is 5.51. The van der Waals surface area contributed by atoms with Gasteiger partial charge in [0.05, 0.1) is 6.04 Å². The Bertz CT molecular complexity index is 785. The maximum atomic E-state index is 4.41. The highest BCUT2D eigenvalue weighted by atomic mass is 15.3. The Morgan fingerprint density at radius 2 is 2.23 bits per heavy atom. The predicted molar refractivity (Wildman–Crippen MR) is 86.5 cm³/mol. The molecule has 2 aromatic heterocycles. The first-order chi connectivity index (χ1) is 10.8. The standard InChI is InChI=1S/C17H21N5/c1-12(17-21-20-16-7-2-3-10-22(16)17)19-11-13-5-4-6-15-14(13)8-9-18-15/h4-6,8-9,12,18-19H,2-3,7,10-11H2,1H3. The zero-order valence-electron chi connectivity index (χ0n) is 12.8. The second-order valence-electron chi connectivity index (χ2n) is 6.04.